The van der Waals surface area contributed by atoms with Crippen molar-refractivity contribution >= 4 is 27.2 Å². The topological polar surface area (TPSA) is 43.4 Å². The summed E-state index contributed by atoms with van der Waals surface area (Å²) in [6, 6.07) is 9.95. The fourth-order valence-corrected chi connectivity index (χ4v) is 4.76. The van der Waals surface area contributed by atoms with Crippen LogP contribution >= 0.6 is 11.8 Å². The molecular formula is C19H18F2O3S2. The number of halogens is 2. The van der Waals surface area contributed by atoms with Crippen LogP contribution in [0.25, 0.3) is 5.57 Å². The molecule has 0 N–H and O–H groups in total. The molecule has 0 fully saturated rings. The van der Waals surface area contributed by atoms with Crippen LogP contribution in [0.15, 0.2) is 57.2 Å². The van der Waals surface area contributed by atoms with E-state index >= 15 is 0 Å². The first-order chi connectivity index (χ1) is 12.1. The van der Waals surface area contributed by atoms with E-state index in [1.54, 1.807) is 24.3 Å². The Balaban J connectivity index is 2.03. The molecule has 1 heterocycles. The van der Waals surface area contributed by atoms with E-state index in [1.807, 2.05) is 13.8 Å². The van der Waals surface area contributed by atoms with Gasteiger partial charge in [-0.05, 0) is 43.7 Å². The normalized spacial score (nSPS) is 17.0. The molecule has 0 bridgehead atoms. The van der Waals surface area contributed by atoms with Crippen molar-refractivity contribution in [2.45, 2.75) is 29.2 Å². The second-order valence-electron chi connectivity index (χ2n) is 6.60. The number of sulfone groups is 1. The van der Waals surface area contributed by atoms with E-state index < -0.39 is 27.1 Å². The van der Waals surface area contributed by atoms with Gasteiger partial charge in [0.1, 0.15) is 11.6 Å². The van der Waals surface area contributed by atoms with E-state index in [0.717, 1.165) is 28.4 Å². The maximum Gasteiger partial charge on any atom is 0.175 e. The predicted molar refractivity (Wildman–Crippen MR) is 98.7 cm³/mol. The molecule has 1 aliphatic rings. The summed E-state index contributed by atoms with van der Waals surface area (Å²) < 4.78 is 56.1. The largest absolute Gasteiger partial charge is 0.366 e. The van der Waals surface area contributed by atoms with E-state index in [2.05, 4.69) is 0 Å². The van der Waals surface area contributed by atoms with Crippen molar-refractivity contribution in [1.82, 2.24) is 0 Å². The third-order valence-electron chi connectivity index (χ3n) is 4.09. The van der Waals surface area contributed by atoms with Gasteiger partial charge in [-0.25, -0.2) is 17.2 Å². The number of rotatable bonds is 4. The monoisotopic (exact) mass is 396 g/mol. The second kappa shape index (κ2) is 6.79. The molecule has 0 aromatic heterocycles. The van der Waals surface area contributed by atoms with Gasteiger partial charge in [-0.2, -0.15) is 0 Å². The Hall–Kier alpha value is -1.70. The second-order valence-corrected chi connectivity index (χ2v) is 9.78. The maximum absolute atomic E-state index is 13.5. The highest BCUT2D eigenvalue weighted by Crippen LogP contribution is 2.45. The molecule has 0 aliphatic carbocycles. The summed E-state index contributed by atoms with van der Waals surface area (Å²) in [5, 5.41) is 0. The van der Waals surface area contributed by atoms with Crippen molar-refractivity contribution in [3.63, 3.8) is 0 Å². The number of hydrogen-bond donors (Lipinski definition) is 0. The van der Waals surface area contributed by atoms with Crippen LogP contribution in [0.4, 0.5) is 8.78 Å². The van der Waals surface area contributed by atoms with Gasteiger partial charge in [0.2, 0.25) is 0 Å². The lowest BCUT2D eigenvalue weighted by atomic mass is 9.92. The Bertz CT molecular complexity index is 958. The van der Waals surface area contributed by atoms with Gasteiger partial charge in [-0.3, -0.25) is 0 Å². The van der Waals surface area contributed by atoms with Crippen LogP contribution in [0, 0.1) is 11.6 Å². The first kappa shape index (κ1) is 19.1. The van der Waals surface area contributed by atoms with Crippen LogP contribution in [0.1, 0.15) is 19.4 Å². The Morgan fingerprint density at radius 1 is 1.04 bits per heavy atom. The highest BCUT2D eigenvalue weighted by molar-refractivity contribution is 8.03. The standard InChI is InChI=1S/C19H18F2O3S2/c1-19(2)18(12-4-6-16(7-5-12)26(3,22)23)17(11-24-19)25-15-9-13(20)8-14(21)10-15/h4-10H,11H2,1-3H3. The summed E-state index contributed by atoms with van der Waals surface area (Å²) in [5.41, 5.74) is 1.10. The smallest absolute Gasteiger partial charge is 0.175 e. The third kappa shape index (κ3) is 4.00. The average Bonchev–Trinajstić information content (AvgIpc) is 2.80. The minimum atomic E-state index is -3.28. The molecule has 7 heteroatoms. The molecule has 138 valence electrons. The van der Waals surface area contributed by atoms with Crippen molar-refractivity contribution in [3.8, 4) is 0 Å². The van der Waals surface area contributed by atoms with Crippen LogP contribution < -0.4 is 0 Å². The van der Waals surface area contributed by atoms with Crippen LogP contribution in [-0.2, 0) is 14.6 Å². The van der Waals surface area contributed by atoms with Gasteiger partial charge < -0.3 is 4.74 Å². The Morgan fingerprint density at radius 3 is 2.15 bits per heavy atom. The molecule has 1 aliphatic heterocycles. The molecule has 2 aromatic rings. The van der Waals surface area contributed by atoms with E-state index in [4.69, 9.17) is 4.74 Å². The molecule has 3 rings (SSSR count). The van der Waals surface area contributed by atoms with Gasteiger partial charge in [0.05, 0.1) is 17.1 Å². The summed E-state index contributed by atoms with van der Waals surface area (Å²) in [5.74, 6) is -1.27. The van der Waals surface area contributed by atoms with Crippen molar-refractivity contribution < 1.29 is 21.9 Å². The van der Waals surface area contributed by atoms with Crippen molar-refractivity contribution in [3.05, 3.63) is 64.6 Å². The molecule has 0 spiro atoms. The molecule has 0 atom stereocenters. The highest BCUT2D eigenvalue weighted by atomic mass is 32.2. The van der Waals surface area contributed by atoms with E-state index in [-0.39, 0.29) is 4.90 Å². The predicted octanol–water partition coefficient (Wildman–Crippen LogP) is 4.68. The number of thioether (sulfide) groups is 1. The zero-order valence-corrected chi connectivity index (χ0v) is 16.2. The fourth-order valence-electron chi connectivity index (χ4n) is 2.91. The van der Waals surface area contributed by atoms with Gasteiger partial charge in [0.25, 0.3) is 0 Å². The van der Waals surface area contributed by atoms with Crippen LogP contribution in [-0.4, -0.2) is 26.9 Å². The average molecular weight is 396 g/mol. The van der Waals surface area contributed by atoms with Gasteiger partial charge in [-0.15, -0.1) is 0 Å². The van der Waals surface area contributed by atoms with Crippen molar-refractivity contribution in [2.24, 2.45) is 0 Å². The SMILES string of the molecule is CC1(C)OCC(Sc2cc(F)cc(F)c2)=C1c1ccc(S(C)(=O)=O)cc1. The first-order valence-electron chi connectivity index (χ1n) is 7.88. The van der Waals surface area contributed by atoms with Crippen molar-refractivity contribution in [2.75, 3.05) is 12.9 Å². The Kier molecular flexibility index (Phi) is 4.98. The zero-order chi connectivity index (χ0) is 19.1. The number of benzene rings is 2. The van der Waals surface area contributed by atoms with E-state index in [9.17, 15) is 17.2 Å². The molecule has 2 aromatic carbocycles. The summed E-state index contributed by atoms with van der Waals surface area (Å²) in [4.78, 5) is 1.52. The summed E-state index contributed by atoms with van der Waals surface area (Å²) in [6.07, 6.45) is 1.16. The molecule has 3 nitrogen and oxygen atoms in total. The molecule has 0 unspecified atom stereocenters. The molecule has 26 heavy (non-hydrogen) atoms. The molecule has 0 saturated heterocycles. The Morgan fingerprint density at radius 2 is 1.62 bits per heavy atom. The molecule has 0 saturated carbocycles. The minimum absolute atomic E-state index is 0.236. The van der Waals surface area contributed by atoms with Gasteiger partial charge in [0, 0.05) is 27.7 Å². The lowest BCUT2D eigenvalue weighted by molar-refractivity contribution is 0.0630. The zero-order valence-electron chi connectivity index (χ0n) is 14.5. The highest BCUT2D eigenvalue weighted by Gasteiger charge is 2.35. The van der Waals surface area contributed by atoms with Crippen LogP contribution in [0.2, 0.25) is 0 Å². The van der Waals surface area contributed by atoms with E-state index in [1.165, 1.54) is 23.9 Å². The minimum Gasteiger partial charge on any atom is -0.366 e. The summed E-state index contributed by atoms with van der Waals surface area (Å²) in [6.45, 7) is 4.14. The number of hydrogen-bond acceptors (Lipinski definition) is 4. The van der Waals surface area contributed by atoms with Crippen LogP contribution in [0.3, 0.4) is 0 Å². The summed E-state index contributed by atoms with van der Waals surface area (Å²) in [7, 11) is -3.28. The molecular weight excluding hydrogens is 378 g/mol. The fraction of sp³-hybridized carbons (Fsp3) is 0.263. The van der Waals surface area contributed by atoms with Gasteiger partial charge in [-0.1, -0.05) is 23.9 Å². The van der Waals surface area contributed by atoms with Gasteiger partial charge >= 0.3 is 0 Å². The lowest BCUT2D eigenvalue weighted by Gasteiger charge is -2.22. The quantitative estimate of drug-likeness (QED) is 0.753. The maximum atomic E-state index is 13.5. The van der Waals surface area contributed by atoms with Crippen molar-refractivity contribution in [1.29, 1.82) is 0 Å². The summed E-state index contributed by atoms with van der Waals surface area (Å²) >= 11 is 1.25. The lowest BCUT2D eigenvalue weighted by Crippen LogP contribution is -2.21. The van der Waals surface area contributed by atoms with E-state index in [0.29, 0.717) is 11.5 Å². The van der Waals surface area contributed by atoms with Gasteiger partial charge in [0.15, 0.2) is 9.84 Å². The molecule has 0 amide bonds. The number of ether oxygens (including phenoxy) is 1. The molecule has 0 radical (unpaired) electrons. The third-order valence-corrected chi connectivity index (χ3v) is 6.26. The Labute approximate surface area is 156 Å². The first-order valence-corrected chi connectivity index (χ1v) is 10.6. The van der Waals surface area contributed by atoms with Crippen LogP contribution in [0.5, 0.6) is 0 Å².